The fourth-order valence-corrected chi connectivity index (χ4v) is 6.64. The summed E-state index contributed by atoms with van der Waals surface area (Å²) in [6.07, 6.45) is 4.08. The average Bonchev–Trinajstić information content (AvgIpc) is 3.38. The van der Waals surface area contributed by atoms with E-state index in [1.54, 1.807) is 48.0 Å². The molecule has 2 fully saturated rings. The number of rotatable bonds is 10. The van der Waals surface area contributed by atoms with Crippen molar-refractivity contribution in [2.45, 2.75) is 64.2 Å². The first-order chi connectivity index (χ1) is 22.3. The zero-order valence-corrected chi connectivity index (χ0v) is 27.4. The molecule has 2 aromatic carbocycles. The van der Waals surface area contributed by atoms with Gasteiger partial charge in [0.2, 0.25) is 0 Å². The number of ether oxygens (including phenoxy) is 1. The van der Waals surface area contributed by atoms with E-state index in [1.807, 2.05) is 20.8 Å². The maximum atomic E-state index is 14.8. The molecule has 3 N–H and O–H groups in total. The predicted molar refractivity (Wildman–Crippen MR) is 173 cm³/mol. The highest BCUT2D eigenvalue weighted by Crippen LogP contribution is 2.43. The van der Waals surface area contributed by atoms with Crippen LogP contribution >= 0.6 is 22.9 Å². The van der Waals surface area contributed by atoms with Crippen LogP contribution in [0.25, 0.3) is 21.7 Å². The second-order valence-corrected chi connectivity index (χ2v) is 14.1. The number of hydrogen-bond acceptors (Lipinski definition) is 8. The smallest absolute Gasteiger partial charge is 0.407 e. The molecule has 0 bridgehead atoms. The van der Waals surface area contributed by atoms with Crippen molar-refractivity contribution >= 4 is 40.9 Å². The molecule has 47 heavy (non-hydrogen) atoms. The Kier molecular flexibility index (Phi) is 8.74. The number of guanidine groups is 1. The average molecular weight is 683 g/mol. The van der Waals surface area contributed by atoms with E-state index in [9.17, 15) is 18.4 Å². The summed E-state index contributed by atoms with van der Waals surface area (Å²) in [6.45, 7) is 3.00. The van der Waals surface area contributed by atoms with Gasteiger partial charge in [-0.05, 0) is 53.5 Å². The molecule has 0 unspecified atom stereocenters. The van der Waals surface area contributed by atoms with Crippen LogP contribution in [0.1, 0.15) is 63.8 Å². The largest absolute Gasteiger partial charge is 0.447 e. The van der Waals surface area contributed by atoms with E-state index in [4.69, 9.17) is 21.7 Å². The molecular formula is C32H33ClF2N8O3S. The molecule has 3 heterocycles. The van der Waals surface area contributed by atoms with Gasteiger partial charge in [0, 0.05) is 23.4 Å². The number of halogens is 3. The monoisotopic (exact) mass is 682 g/mol. The maximum absolute atomic E-state index is 14.8. The van der Waals surface area contributed by atoms with E-state index in [0.717, 1.165) is 12.8 Å². The molecule has 0 spiro atoms. The number of carbonyl (C=O) groups excluding carboxylic acids is 2. The molecule has 1 aliphatic heterocycles. The van der Waals surface area contributed by atoms with Crippen molar-refractivity contribution in [3.8, 4) is 21.7 Å². The molecule has 2 atom stereocenters. The highest BCUT2D eigenvalue weighted by atomic mass is 35.5. The zero-order chi connectivity index (χ0) is 33.5. The Morgan fingerprint density at radius 1 is 1.21 bits per heavy atom. The Balaban J connectivity index is 1.38. The van der Waals surface area contributed by atoms with E-state index in [2.05, 4.69) is 25.9 Å². The fourth-order valence-electron chi connectivity index (χ4n) is 5.79. The molecule has 11 nitrogen and oxygen atoms in total. The molecule has 0 radical (unpaired) electrons. The molecule has 15 heteroatoms. The number of benzene rings is 2. The van der Waals surface area contributed by atoms with E-state index < -0.39 is 30.1 Å². The van der Waals surface area contributed by atoms with Crippen LogP contribution in [-0.2, 0) is 15.1 Å². The molecule has 1 saturated heterocycles. The lowest BCUT2D eigenvalue weighted by molar-refractivity contribution is -0.134. The normalized spacial score (nSPS) is 18.8. The van der Waals surface area contributed by atoms with Crippen molar-refractivity contribution in [3.63, 3.8) is 0 Å². The first-order valence-electron chi connectivity index (χ1n) is 15.0. The van der Waals surface area contributed by atoms with Gasteiger partial charge in [0.1, 0.15) is 22.7 Å². The van der Waals surface area contributed by atoms with Crippen molar-refractivity contribution in [2.24, 2.45) is 5.41 Å². The molecule has 4 aromatic rings. The Hall–Kier alpha value is -4.43. The van der Waals surface area contributed by atoms with Gasteiger partial charge in [0.15, 0.2) is 5.96 Å². The fraction of sp³-hybridized carbons (Fsp3) is 0.375. The number of amides is 2. The van der Waals surface area contributed by atoms with Crippen LogP contribution in [0.4, 0.5) is 13.6 Å². The van der Waals surface area contributed by atoms with Crippen LogP contribution in [-0.4, -0.2) is 55.5 Å². The van der Waals surface area contributed by atoms with Gasteiger partial charge in [-0.1, -0.05) is 74.0 Å². The minimum atomic E-state index is -2.76. The summed E-state index contributed by atoms with van der Waals surface area (Å²) < 4.78 is 32.5. The Bertz CT molecular complexity index is 1790. The van der Waals surface area contributed by atoms with Crippen LogP contribution in [0.3, 0.4) is 0 Å². The Labute approximate surface area is 278 Å². The van der Waals surface area contributed by atoms with E-state index in [0.29, 0.717) is 49.0 Å². The molecule has 6 rings (SSSR count). The number of carbonyl (C=O) groups is 2. The predicted octanol–water partition coefficient (Wildman–Crippen LogP) is 6.75. The Morgan fingerprint density at radius 3 is 2.57 bits per heavy atom. The minimum Gasteiger partial charge on any atom is -0.447 e. The highest BCUT2D eigenvalue weighted by molar-refractivity contribution is 7.12. The maximum Gasteiger partial charge on any atom is 0.407 e. The first kappa shape index (κ1) is 32.5. The molecule has 2 aromatic heterocycles. The summed E-state index contributed by atoms with van der Waals surface area (Å²) in [7, 11) is 0. The van der Waals surface area contributed by atoms with Gasteiger partial charge < -0.3 is 15.4 Å². The summed E-state index contributed by atoms with van der Waals surface area (Å²) in [4.78, 5) is 28.8. The summed E-state index contributed by atoms with van der Waals surface area (Å²) in [5.41, 5.74) is 2.75. The first-order valence-corrected chi connectivity index (χ1v) is 16.2. The van der Waals surface area contributed by atoms with Gasteiger partial charge in [0.25, 0.3) is 5.91 Å². The van der Waals surface area contributed by atoms with Crippen molar-refractivity contribution in [1.82, 2.24) is 35.5 Å². The Morgan fingerprint density at radius 2 is 1.96 bits per heavy atom. The van der Waals surface area contributed by atoms with Gasteiger partial charge in [-0.25, -0.2) is 9.48 Å². The summed E-state index contributed by atoms with van der Waals surface area (Å²) in [5, 5.41) is 27.9. The van der Waals surface area contributed by atoms with Crippen LogP contribution in [0, 0.1) is 10.8 Å². The number of hydrogen-bond donors (Lipinski definition) is 3. The van der Waals surface area contributed by atoms with Gasteiger partial charge in [-0.2, -0.15) is 13.9 Å². The third kappa shape index (κ3) is 6.84. The summed E-state index contributed by atoms with van der Waals surface area (Å²) in [5.74, 6) is -0.565. The SMILES string of the molecule is CC(C)(C)C[C@]1(c2ccc(-c3cnn(C(F)F)c3)cc2)NC(=N)N([C@H](COC(=O)NC2CC2)c2ccc(Cl)c(-c3nncs3)c2)C1=O. The van der Waals surface area contributed by atoms with Crippen LogP contribution in [0.2, 0.25) is 5.02 Å². The number of alkyl carbamates (subject to hydrolysis) is 1. The molecule has 1 saturated carbocycles. The van der Waals surface area contributed by atoms with Gasteiger partial charge in [-0.3, -0.25) is 15.1 Å². The van der Waals surface area contributed by atoms with Crippen molar-refractivity contribution in [3.05, 3.63) is 76.5 Å². The summed E-state index contributed by atoms with van der Waals surface area (Å²) in [6, 6.07) is 11.4. The number of alkyl halides is 2. The summed E-state index contributed by atoms with van der Waals surface area (Å²) >= 11 is 7.84. The molecule has 2 amide bonds. The highest BCUT2D eigenvalue weighted by Gasteiger charge is 2.54. The second-order valence-electron chi connectivity index (χ2n) is 12.9. The van der Waals surface area contributed by atoms with Crippen molar-refractivity contribution in [2.75, 3.05) is 6.61 Å². The lowest BCUT2D eigenvalue weighted by Crippen LogP contribution is -2.47. The molecular weight excluding hydrogens is 650 g/mol. The van der Waals surface area contributed by atoms with Crippen molar-refractivity contribution in [1.29, 1.82) is 5.41 Å². The molecule has 2 aliphatic rings. The third-order valence-corrected chi connectivity index (χ3v) is 9.07. The van der Waals surface area contributed by atoms with Crippen LogP contribution in [0.5, 0.6) is 0 Å². The minimum absolute atomic E-state index is 0.0704. The standard InChI is InChI=1S/C32H33ClF2N8O3S/c1-31(2,3)16-32(21-7-4-18(5-8-21)20-13-38-42(14-20)28(34)35)27(44)43(29(36)40-32)25(15-46-30(45)39-22-9-10-22)19-6-11-24(33)23(12-19)26-41-37-17-47-26/h4-8,11-14,17,22,25,28H,9-10,15-16H2,1-3H3,(H2,36,40)(H,39,45)/t25-,32-/m1/s1. The number of aromatic nitrogens is 4. The number of nitrogens with zero attached hydrogens (tertiary/aromatic N) is 5. The molecule has 246 valence electrons. The zero-order valence-electron chi connectivity index (χ0n) is 25.8. The van der Waals surface area contributed by atoms with Gasteiger partial charge in [-0.15, -0.1) is 10.2 Å². The molecule has 1 aliphatic carbocycles. The number of nitrogens with one attached hydrogen (secondary N) is 3. The third-order valence-electron chi connectivity index (χ3n) is 8.01. The van der Waals surface area contributed by atoms with Crippen LogP contribution in [0.15, 0.2) is 60.4 Å². The van der Waals surface area contributed by atoms with Gasteiger partial charge in [0.05, 0.1) is 17.3 Å². The van der Waals surface area contributed by atoms with Gasteiger partial charge >= 0.3 is 12.6 Å². The van der Waals surface area contributed by atoms with Crippen molar-refractivity contribution < 1.29 is 23.1 Å². The van der Waals surface area contributed by atoms with E-state index in [1.165, 1.54) is 28.6 Å². The van der Waals surface area contributed by atoms with E-state index in [-0.39, 0.29) is 24.0 Å². The lowest BCUT2D eigenvalue weighted by atomic mass is 9.75. The lowest BCUT2D eigenvalue weighted by Gasteiger charge is -2.35. The quantitative estimate of drug-likeness (QED) is 0.168. The topological polar surface area (TPSA) is 138 Å². The van der Waals surface area contributed by atoms with E-state index >= 15 is 0 Å². The second kappa shape index (κ2) is 12.6. The van der Waals surface area contributed by atoms with Crippen LogP contribution < -0.4 is 10.6 Å².